The summed E-state index contributed by atoms with van der Waals surface area (Å²) >= 11 is 11.9. The molecular formula is C14H19Cl2N3O2. The smallest absolute Gasteiger partial charge is 0.238 e. The molecule has 0 aromatic heterocycles. The quantitative estimate of drug-likeness (QED) is 0.641. The highest BCUT2D eigenvalue weighted by atomic mass is 35.5. The van der Waals surface area contributed by atoms with E-state index in [9.17, 15) is 9.59 Å². The number of benzene rings is 1. The first kappa shape index (κ1) is 17.8. The van der Waals surface area contributed by atoms with Crippen molar-refractivity contribution in [2.24, 2.45) is 0 Å². The van der Waals surface area contributed by atoms with Crippen LogP contribution in [0.25, 0.3) is 0 Å². The van der Waals surface area contributed by atoms with Crippen LogP contribution in [-0.4, -0.2) is 31.4 Å². The van der Waals surface area contributed by atoms with Crippen molar-refractivity contribution in [3.05, 3.63) is 28.2 Å². The first-order valence-corrected chi connectivity index (χ1v) is 7.51. The Morgan fingerprint density at radius 3 is 2.38 bits per heavy atom. The molecule has 1 aromatic carbocycles. The molecule has 0 aliphatic heterocycles. The van der Waals surface area contributed by atoms with Crippen LogP contribution in [0, 0.1) is 0 Å². The van der Waals surface area contributed by atoms with Crippen LogP contribution in [0.5, 0.6) is 0 Å². The zero-order chi connectivity index (χ0) is 15.7. The first-order chi connectivity index (χ1) is 10.0. The van der Waals surface area contributed by atoms with E-state index in [1.807, 2.05) is 6.92 Å². The molecule has 0 saturated heterocycles. The van der Waals surface area contributed by atoms with Gasteiger partial charge in [-0.15, -0.1) is 0 Å². The molecule has 0 heterocycles. The molecule has 0 spiro atoms. The maximum Gasteiger partial charge on any atom is 0.238 e. The van der Waals surface area contributed by atoms with E-state index in [1.54, 1.807) is 18.2 Å². The molecule has 116 valence electrons. The monoisotopic (exact) mass is 331 g/mol. The normalized spacial score (nSPS) is 10.2. The van der Waals surface area contributed by atoms with E-state index in [4.69, 9.17) is 23.2 Å². The van der Waals surface area contributed by atoms with Gasteiger partial charge in [0, 0.05) is 19.5 Å². The lowest BCUT2D eigenvalue weighted by molar-refractivity contribution is -0.121. The summed E-state index contributed by atoms with van der Waals surface area (Å²) in [6, 6.07) is 5.00. The molecule has 0 unspecified atom stereocenters. The standard InChI is InChI=1S/C14H19Cl2N3O2/c1-2-7-18-12(20)6-8-17-9-13(21)19-14-10(15)4-3-5-11(14)16/h3-5,17H,2,6-9H2,1H3,(H,18,20)(H,19,21). The minimum absolute atomic E-state index is 0.0288. The van der Waals surface area contributed by atoms with Crippen LogP contribution in [0.15, 0.2) is 18.2 Å². The SMILES string of the molecule is CCCNC(=O)CCNCC(=O)Nc1c(Cl)cccc1Cl. The first-order valence-electron chi connectivity index (χ1n) is 6.76. The van der Waals surface area contributed by atoms with Crippen LogP contribution in [0.1, 0.15) is 19.8 Å². The molecule has 1 rings (SSSR count). The van der Waals surface area contributed by atoms with Gasteiger partial charge in [0.25, 0.3) is 0 Å². The largest absolute Gasteiger partial charge is 0.356 e. The van der Waals surface area contributed by atoms with Crippen LogP contribution >= 0.6 is 23.2 Å². The minimum atomic E-state index is -0.265. The Hall–Kier alpha value is -1.30. The molecular weight excluding hydrogens is 313 g/mol. The van der Waals surface area contributed by atoms with E-state index >= 15 is 0 Å². The Kier molecular flexibility index (Phi) is 8.12. The van der Waals surface area contributed by atoms with Crippen molar-refractivity contribution in [2.75, 3.05) is 25.0 Å². The second-order valence-electron chi connectivity index (χ2n) is 4.42. The zero-order valence-corrected chi connectivity index (χ0v) is 13.4. The van der Waals surface area contributed by atoms with E-state index < -0.39 is 0 Å². The summed E-state index contributed by atoms with van der Waals surface area (Å²) in [6.07, 6.45) is 1.24. The van der Waals surface area contributed by atoms with Gasteiger partial charge in [-0.05, 0) is 18.6 Å². The van der Waals surface area contributed by atoms with Crippen molar-refractivity contribution in [3.63, 3.8) is 0 Å². The second-order valence-corrected chi connectivity index (χ2v) is 5.24. The van der Waals surface area contributed by atoms with E-state index in [2.05, 4.69) is 16.0 Å². The Balaban J connectivity index is 2.27. The fraction of sp³-hybridized carbons (Fsp3) is 0.429. The molecule has 0 aliphatic carbocycles. The minimum Gasteiger partial charge on any atom is -0.356 e. The third-order valence-corrected chi connectivity index (χ3v) is 3.24. The maximum absolute atomic E-state index is 11.7. The van der Waals surface area contributed by atoms with Crippen molar-refractivity contribution in [3.8, 4) is 0 Å². The van der Waals surface area contributed by atoms with Gasteiger partial charge in [0.1, 0.15) is 0 Å². The third-order valence-electron chi connectivity index (χ3n) is 2.61. The average molecular weight is 332 g/mol. The summed E-state index contributed by atoms with van der Waals surface area (Å²) in [6.45, 7) is 3.18. The predicted octanol–water partition coefficient (Wildman–Crippen LogP) is 2.44. The molecule has 5 nitrogen and oxygen atoms in total. The number of nitrogens with one attached hydrogen (secondary N) is 3. The highest BCUT2D eigenvalue weighted by Crippen LogP contribution is 2.29. The van der Waals surface area contributed by atoms with Crippen LogP contribution in [0.2, 0.25) is 10.0 Å². The lowest BCUT2D eigenvalue weighted by atomic mass is 10.3. The van der Waals surface area contributed by atoms with Gasteiger partial charge in [0.05, 0.1) is 22.3 Å². The molecule has 21 heavy (non-hydrogen) atoms. The summed E-state index contributed by atoms with van der Waals surface area (Å²) in [4.78, 5) is 23.1. The van der Waals surface area contributed by atoms with Crippen molar-refractivity contribution >= 4 is 40.7 Å². The average Bonchev–Trinajstić information content (AvgIpc) is 2.45. The summed E-state index contributed by atoms with van der Waals surface area (Å²) in [5.74, 6) is -0.294. The molecule has 0 bridgehead atoms. The lowest BCUT2D eigenvalue weighted by Gasteiger charge is -2.09. The molecule has 0 radical (unpaired) electrons. The topological polar surface area (TPSA) is 70.2 Å². The lowest BCUT2D eigenvalue weighted by Crippen LogP contribution is -2.32. The Morgan fingerprint density at radius 1 is 1.10 bits per heavy atom. The summed E-state index contributed by atoms with van der Waals surface area (Å²) in [5, 5.41) is 9.06. The van der Waals surface area contributed by atoms with Crippen LogP contribution in [-0.2, 0) is 9.59 Å². The number of halogens is 2. The number of carbonyl (C=O) groups is 2. The number of para-hydroxylation sites is 1. The van der Waals surface area contributed by atoms with Crippen LogP contribution in [0.3, 0.4) is 0 Å². The van der Waals surface area contributed by atoms with Crippen LogP contribution < -0.4 is 16.0 Å². The highest BCUT2D eigenvalue weighted by Gasteiger charge is 2.09. The van der Waals surface area contributed by atoms with Crippen molar-refractivity contribution < 1.29 is 9.59 Å². The molecule has 0 fully saturated rings. The number of anilines is 1. The van der Waals surface area contributed by atoms with Gasteiger partial charge in [0.15, 0.2) is 0 Å². The van der Waals surface area contributed by atoms with Crippen molar-refractivity contribution in [2.45, 2.75) is 19.8 Å². The van der Waals surface area contributed by atoms with E-state index in [0.717, 1.165) is 6.42 Å². The van der Waals surface area contributed by atoms with Gasteiger partial charge >= 0.3 is 0 Å². The maximum atomic E-state index is 11.7. The van der Waals surface area contributed by atoms with E-state index in [0.29, 0.717) is 35.2 Å². The Labute approximate surface area is 134 Å². The molecule has 0 atom stereocenters. The summed E-state index contributed by atoms with van der Waals surface area (Å²) < 4.78 is 0. The number of hydrogen-bond acceptors (Lipinski definition) is 3. The molecule has 0 saturated carbocycles. The summed E-state index contributed by atoms with van der Waals surface area (Å²) in [7, 11) is 0. The summed E-state index contributed by atoms with van der Waals surface area (Å²) in [5.41, 5.74) is 0.397. The number of carbonyl (C=O) groups excluding carboxylic acids is 2. The molecule has 7 heteroatoms. The van der Waals surface area contributed by atoms with E-state index in [-0.39, 0.29) is 18.4 Å². The molecule has 1 aromatic rings. The van der Waals surface area contributed by atoms with E-state index in [1.165, 1.54) is 0 Å². The van der Waals surface area contributed by atoms with Gasteiger partial charge in [-0.3, -0.25) is 9.59 Å². The number of rotatable bonds is 8. The predicted molar refractivity (Wildman–Crippen MR) is 85.9 cm³/mol. The van der Waals surface area contributed by atoms with Crippen LogP contribution in [0.4, 0.5) is 5.69 Å². The Morgan fingerprint density at radius 2 is 1.76 bits per heavy atom. The van der Waals surface area contributed by atoms with Gasteiger partial charge in [-0.25, -0.2) is 0 Å². The molecule has 3 N–H and O–H groups in total. The Bertz CT molecular complexity index is 475. The molecule has 0 aliphatic rings. The van der Waals surface area contributed by atoms with Gasteiger partial charge < -0.3 is 16.0 Å². The second kappa shape index (κ2) is 9.60. The third kappa shape index (κ3) is 6.80. The van der Waals surface area contributed by atoms with Gasteiger partial charge in [-0.1, -0.05) is 36.2 Å². The van der Waals surface area contributed by atoms with Crippen molar-refractivity contribution in [1.29, 1.82) is 0 Å². The zero-order valence-electron chi connectivity index (χ0n) is 11.8. The fourth-order valence-electron chi connectivity index (χ4n) is 1.56. The highest BCUT2D eigenvalue weighted by molar-refractivity contribution is 6.39. The number of amides is 2. The van der Waals surface area contributed by atoms with Gasteiger partial charge in [-0.2, -0.15) is 0 Å². The number of hydrogen-bond donors (Lipinski definition) is 3. The van der Waals surface area contributed by atoms with Gasteiger partial charge in [0.2, 0.25) is 11.8 Å². The fourth-order valence-corrected chi connectivity index (χ4v) is 2.05. The molecule has 2 amide bonds. The van der Waals surface area contributed by atoms with Crippen molar-refractivity contribution in [1.82, 2.24) is 10.6 Å².